The zero-order valence-electron chi connectivity index (χ0n) is 24.3. The summed E-state index contributed by atoms with van der Waals surface area (Å²) in [4.78, 5) is 25.8. The molecule has 0 bridgehead atoms. The van der Waals surface area contributed by atoms with Gasteiger partial charge in [0, 0.05) is 34.1 Å². The van der Waals surface area contributed by atoms with E-state index in [1.165, 1.54) is 25.7 Å². The van der Waals surface area contributed by atoms with E-state index >= 15 is 0 Å². The fourth-order valence-corrected chi connectivity index (χ4v) is 9.71. The summed E-state index contributed by atoms with van der Waals surface area (Å²) in [6, 6.07) is 7.90. The number of thiocarbonyl (C=S) groups is 1. The number of ketones is 1. The maximum atomic E-state index is 14.0. The normalized spacial score (nSPS) is 36.7. The van der Waals surface area contributed by atoms with Crippen LogP contribution in [0.3, 0.4) is 0 Å². The lowest BCUT2D eigenvalue weighted by Gasteiger charge is -2.60. The third-order valence-electron chi connectivity index (χ3n) is 11.6. The second-order valence-corrected chi connectivity index (χ2v) is 14.6. The number of Topliss-reactive ketones (excluding diaryl/α,β-unsaturated/α-hetero) is 1. The lowest BCUT2D eigenvalue weighted by atomic mass is 9.44. The van der Waals surface area contributed by atoms with Crippen molar-refractivity contribution in [2.45, 2.75) is 85.0 Å². The van der Waals surface area contributed by atoms with Crippen molar-refractivity contribution in [1.82, 2.24) is 5.43 Å². The van der Waals surface area contributed by atoms with E-state index in [9.17, 15) is 9.59 Å². The van der Waals surface area contributed by atoms with Crippen molar-refractivity contribution in [2.24, 2.45) is 51.4 Å². The SMILES string of the molecule is COC(=O)CC[C@@H](C)C1CCC2C3CCC4C/C(=N\NC(=S)Nc5ccc(Br)cc5)CCC4(C)C3CC(=O)C21C. The Bertz CT molecular complexity index is 1170. The van der Waals surface area contributed by atoms with Crippen LogP contribution in [-0.2, 0) is 14.3 Å². The summed E-state index contributed by atoms with van der Waals surface area (Å²) in [6.45, 7) is 6.99. The van der Waals surface area contributed by atoms with Gasteiger partial charge >= 0.3 is 5.97 Å². The molecule has 4 saturated carbocycles. The van der Waals surface area contributed by atoms with Crippen molar-refractivity contribution >= 4 is 56.4 Å². The Balaban J connectivity index is 1.23. The summed E-state index contributed by atoms with van der Waals surface area (Å²) in [5, 5.41) is 8.42. The van der Waals surface area contributed by atoms with Crippen LogP contribution in [0.5, 0.6) is 0 Å². The van der Waals surface area contributed by atoms with E-state index in [2.05, 4.69) is 47.4 Å². The largest absolute Gasteiger partial charge is 0.469 e. The molecule has 7 unspecified atom stereocenters. The number of methoxy groups -OCH3 is 1. The standard InChI is InChI=1S/C32H44BrN3O3S/c1-19(5-14-29(38)39-4)25-12-13-26-24-11-6-20-17-23(35-36-30(40)34-22-9-7-21(33)8-10-22)15-16-31(20,2)27(24)18-28(37)32(25,26)3/h7-10,19-20,24-27H,5-6,11-18H2,1-4H3,(H2,34,36,40)/b35-23-/t19-,20?,24?,25?,26?,27?,31?,32?/m1/s1. The van der Waals surface area contributed by atoms with Gasteiger partial charge in [0.15, 0.2) is 5.11 Å². The lowest BCUT2D eigenvalue weighted by molar-refractivity contribution is -0.155. The number of carbonyl (C=O) groups is 2. The van der Waals surface area contributed by atoms with Crippen molar-refractivity contribution in [2.75, 3.05) is 12.4 Å². The molecule has 0 spiro atoms. The number of carbonyl (C=O) groups excluding carboxylic acids is 2. The minimum absolute atomic E-state index is 0.147. The molecule has 6 nitrogen and oxygen atoms in total. The van der Waals surface area contributed by atoms with Gasteiger partial charge in [0.2, 0.25) is 0 Å². The van der Waals surface area contributed by atoms with E-state index in [1.807, 2.05) is 24.3 Å². The number of ether oxygens (including phenoxy) is 1. The second-order valence-electron chi connectivity index (χ2n) is 13.3. The Hall–Kier alpha value is -1.80. The van der Waals surface area contributed by atoms with Crippen LogP contribution in [0.2, 0.25) is 0 Å². The minimum atomic E-state index is -0.247. The minimum Gasteiger partial charge on any atom is -0.469 e. The van der Waals surface area contributed by atoms with Crippen LogP contribution in [0, 0.1) is 46.3 Å². The fourth-order valence-electron chi connectivity index (χ4n) is 9.28. The Labute approximate surface area is 253 Å². The van der Waals surface area contributed by atoms with E-state index in [0.29, 0.717) is 52.8 Å². The number of nitrogens with zero attached hydrogens (tertiary/aromatic N) is 1. The Kier molecular flexibility index (Phi) is 8.78. The molecule has 0 saturated heterocycles. The fraction of sp³-hybridized carbons (Fsp3) is 0.688. The average molecular weight is 631 g/mol. The molecule has 1 aromatic rings. The van der Waals surface area contributed by atoms with E-state index in [0.717, 1.165) is 55.1 Å². The van der Waals surface area contributed by atoms with E-state index in [-0.39, 0.29) is 16.8 Å². The number of hydrazone groups is 1. The van der Waals surface area contributed by atoms with Gasteiger partial charge in [-0.1, -0.05) is 36.7 Å². The van der Waals surface area contributed by atoms with Crippen molar-refractivity contribution in [3.05, 3.63) is 28.7 Å². The van der Waals surface area contributed by atoms with Crippen LogP contribution in [0.15, 0.2) is 33.8 Å². The number of halogens is 1. The van der Waals surface area contributed by atoms with Gasteiger partial charge in [-0.3, -0.25) is 15.0 Å². The number of nitrogens with one attached hydrogen (secondary N) is 2. The Morgan fingerprint density at radius 3 is 2.62 bits per heavy atom. The van der Waals surface area contributed by atoms with Gasteiger partial charge in [-0.2, -0.15) is 5.10 Å². The van der Waals surface area contributed by atoms with Crippen LogP contribution >= 0.6 is 28.1 Å². The summed E-state index contributed by atoms with van der Waals surface area (Å²) >= 11 is 8.94. The second kappa shape index (κ2) is 11.8. The smallest absolute Gasteiger partial charge is 0.305 e. The first-order valence-electron chi connectivity index (χ1n) is 15.0. The third kappa shape index (κ3) is 5.51. The van der Waals surface area contributed by atoms with Gasteiger partial charge in [-0.15, -0.1) is 0 Å². The number of anilines is 1. The third-order valence-corrected chi connectivity index (χ3v) is 12.3. The molecule has 5 rings (SSSR count). The van der Waals surface area contributed by atoms with Crippen LogP contribution in [0.25, 0.3) is 0 Å². The van der Waals surface area contributed by atoms with E-state index in [4.69, 9.17) is 22.1 Å². The lowest BCUT2D eigenvalue weighted by Crippen LogP contribution is -2.57. The summed E-state index contributed by atoms with van der Waals surface area (Å²) < 4.78 is 5.91. The van der Waals surface area contributed by atoms with Gasteiger partial charge in [-0.05, 0) is 129 Å². The van der Waals surface area contributed by atoms with Crippen LogP contribution in [0.1, 0.15) is 85.0 Å². The first kappa shape index (κ1) is 29.7. The molecule has 218 valence electrons. The monoisotopic (exact) mass is 629 g/mol. The Morgan fingerprint density at radius 1 is 1.15 bits per heavy atom. The molecule has 40 heavy (non-hydrogen) atoms. The van der Waals surface area contributed by atoms with E-state index < -0.39 is 0 Å². The predicted molar refractivity (Wildman–Crippen MR) is 167 cm³/mol. The van der Waals surface area contributed by atoms with Gasteiger partial charge < -0.3 is 10.1 Å². The molecule has 0 aliphatic heterocycles. The van der Waals surface area contributed by atoms with Crippen LogP contribution in [0.4, 0.5) is 5.69 Å². The summed E-state index contributed by atoms with van der Waals surface area (Å²) in [5.74, 6) is 3.19. The Morgan fingerprint density at radius 2 is 1.90 bits per heavy atom. The van der Waals surface area contributed by atoms with Crippen molar-refractivity contribution in [3.8, 4) is 0 Å². The molecular weight excluding hydrogens is 586 g/mol. The highest BCUT2D eigenvalue weighted by molar-refractivity contribution is 9.10. The molecule has 0 heterocycles. The van der Waals surface area contributed by atoms with Gasteiger partial charge in [0.25, 0.3) is 0 Å². The van der Waals surface area contributed by atoms with Gasteiger partial charge in [0.1, 0.15) is 5.78 Å². The molecule has 4 fully saturated rings. The maximum Gasteiger partial charge on any atom is 0.305 e. The molecule has 1 aromatic carbocycles. The van der Waals surface area contributed by atoms with Gasteiger partial charge in [0.05, 0.1) is 7.11 Å². The zero-order chi connectivity index (χ0) is 28.7. The molecule has 4 aliphatic rings. The molecular formula is C32H44BrN3O3S. The van der Waals surface area contributed by atoms with Gasteiger partial charge in [-0.25, -0.2) is 0 Å². The first-order valence-corrected chi connectivity index (χ1v) is 16.2. The van der Waals surface area contributed by atoms with Crippen LogP contribution < -0.4 is 10.7 Å². The molecule has 8 heteroatoms. The number of hydrogen-bond acceptors (Lipinski definition) is 5. The van der Waals surface area contributed by atoms with E-state index in [1.54, 1.807) is 0 Å². The molecule has 0 aromatic heterocycles. The molecule has 0 amide bonds. The summed E-state index contributed by atoms with van der Waals surface area (Å²) in [6.07, 6.45) is 9.67. The number of benzene rings is 1. The topological polar surface area (TPSA) is 79.8 Å². The summed E-state index contributed by atoms with van der Waals surface area (Å²) in [5.41, 5.74) is 5.12. The first-order chi connectivity index (χ1) is 19.1. The quantitative estimate of drug-likeness (QED) is 0.192. The number of rotatable bonds is 6. The van der Waals surface area contributed by atoms with Crippen molar-refractivity contribution in [3.63, 3.8) is 0 Å². The molecule has 4 aliphatic carbocycles. The maximum absolute atomic E-state index is 14.0. The summed E-state index contributed by atoms with van der Waals surface area (Å²) in [7, 11) is 1.45. The zero-order valence-corrected chi connectivity index (χ0v) is 26.7. The highest BCUT2D eigenvalue weighted by Gasteiger charge is 2.63. The molecule has 0 radical (unpaired) electrons. The van der Waals surface area contributed by atoms with Crippen LogP contribution in [-0.4, -0.2) is 29.7 Å². The predicted octanol–water partition coefficient (Wildman–Crippen LogP) is 7.52. The number of esters is 1. The number of fused-ring (bicyclic) bond motifs is 5. The molecule has 8 atom stereocenters. The highest BCUT2D eigenvalue weighted by atomic mass is 79.9. The molecule has 2 N–H and O–H groups in total. The van der Waals surface area contributed by atoms with Crippen molar-refractivity contribution < 1.29 is 14.3 Å². The van der Waals surface area contributed by atoms with Crippen molar-refractivity contribution in [1.29, 1.82) is 0 Å². The average Bonchev–Trinajstić information content (AvgIpc) is 3.31. The highest BCUT2D eigenvalue weighted by Crippen LogP contribution is 2.67. The number of hydrogen-bond donors (Lipinski definition) is 2.